The summed E-state index contributed by atoms with van der Waals surface area (Å²) in [6.07, 6.45) is -0.500. The van der Waals surface area contributed by atoms with Crippen molar-refractivity contribution in [2.24, 2.45) is 0 Å². The van der Waals surface area contributed by atoms with Gasteiger partial charge >= 0.3 is 0 Å². The minimum absolute atomic E-state index is 0.468. The van der Waals surface area contributed by atoms with Gasteiger partial charge in [0.2, 0.25) is 0 Å². The van der Waals surface area contributed by atoms with Gasteiger partial charge in [-0.05, 0) is 46.6 Å². The maximum absolute atomic E-state index is 9.43. The van der Waals surface area contributed by atoms with Crippen molar-refractivity contribution in [2.75, 3.05) is 0 Å². The second-order valence-electron chi connectivity index (χ2n) is 4.04. The third-order valence-electron chi connectivity index (χ3n) is 2.57. The van der Waals surface area contributed by atoms with Crippen LogP contribution in [0.3, 0.4) is 0 Å². The van der Waals surface area contributed by atoms with E-state index in [-0.39, 0.29) is 0 Å². The number of hydrogen-bond acceptors (Lipinski definition) is 2. The number of halogens is 3. The van der Waals surface area contributed by atoms with Crippen LogP contribution in [0.15, 0.2) is 40.9 Å². The van der Waals surface area contributed by atoms with Crippen molar-refractivity contribution in [3.05, 3.63) is 56.5 Å². The van der Waals surface area contributed by atoms with E-state index in [2.05, 4.69) is 15.9 Å². The van der Waals surface area contributed by atoms with Crippen LogP contribution in [0.25, 0.3) is 0 Å². The summed E-state index contributed by atoms with van der Waals surface area (Å²) in [6, 6.07) is 10.5. The van der Waals surface area contributed by atoms with E-state index in [9.17, 15) is 5.11 Å². The molecule has 0 amide bonds. The molecule has 0 saturated heterocycles. The first kappa shape index (κ1) is 14.7. The number of benzene rings is 2. The highest BCUT2D eigenvalue weighted by molar-refractivity contribution is 9.10. The first-order valence-corrected chi connectivity index (χ1v) is 7.12. The number of hydrogen-bond donors (Lipinski definition) is 1. The molecule has 2 aromatic rings. The first-order valence-electron chi connectivity index (χ1n) is 5.58. The zero-order valence-corrected chi connectivity index (χ0v) is 13.1. The Hall–Kier alpha value is -0.740. The maximum atomic E-state index is 9.43. The van der Waals surface area contributed by atoms with Crippen molar-refractivity contribution in [2.45, 2.75) is 13.0 Å². The van der Waals surface area contributed by atoms with Crippen LogP contribution in [-0.2, 0) is 0 Å². The third-order valence-corrected chi connectivity index (χ3v) is 4.06. The topological polar surface area (TPSA) is 29.5 Å². The molecule has 0 saturated carbocycles. The average molecular weight is 362 g/mol. The van der Waals surface area contributed by atoms with Crippen molar-refractivity contribution in [1.82, 2.24) is 0 Å². The number of aliphatic hydroxyl groups is 1. The predicted octanol–water partition coefficient (Wildman–Crippen LogP) is 5.60. The third kappa shape index (κ3) is 3.63. The van der Waals surface area contributed by atoms with E-state index in [1.54, 1.807) is 43.3 Å². The summed E-state index contributed by atoms with van der Waals surface area (Å²) in [5.74, 6) is 1.12. The fourth-order valence-electron chi connectivity index (χ4n) is 1.52. The Morgan fingerprint density at radius 3 is 2.32 bits per heavy atom. The molecule has 0 aliphatic carbocycles. The molecular weight excluding hydrogens is 351 g/mol. The largest absolute Gasteiger partial charge is 0.456 e. The van der Waals surface area contributed by atoms with Crippen LogP contribution < -0.4 is 4.74 Å². The highest BCUT2D eigenvalue weighted by Gasteiger charge is 2.08. The molecule has 0 aromatic heterocycles. The molecule has 19 heavy (non-hydrogen) atoms. The summed E-state index contributed by atoms with van der Waals surface area (Å²) in [6.45, 7) is 1.71. The van der Waals surface area contributed by atoms with Crippen molar-refractivity contribution in [3.63, 3.8) is 0 Å². The Balaban J connectivity index is 2.24. The highest BCUT2D eigenvalue weighted by atomic mass is 79.9. The van der Waals surface area contributed by atoms with E-state index in [1.807, 2.05) is 0 Å². The van der Waals surface area contributed by atoms with Crippen molar-refractivity contribution >= 4 is 39.1 Å². The van der Waals surface area contributed by atoms with E-state index in [0.717, 1.165) is 10.0 Å². The van der Waals surface area contributed by atoms with Crippen molar-refractivity contribution in [3.8, 4) is 11.5 Å². The summed E-state index contributed by atoms with van der Waals surface area (Å²) < 4.78 is 6.38. The SMILES string of the molecule is CC(O)c1ccc(Oc2cc(Cl)c(Br)cc2Cl)cc1. The van der Waals surface area contributed by atoms with E-state index in [0.29, 0.717) is 21.5 Å². The first-order chi connectivity index (χ1) is 8.97. The van der Waals surface area contributed by atoms with Gasteiger partial charge in [0.15, 0.2) is 0 Å². The van der Waals surface area contributed by atoms with Gasteiger partial charge in [-0.1, -0.05) is 35.3 Å². The molecule has 2 nitrogen and oxygen atoms in total. The summed E-state index contributed by atoms with van der Waals surface area (Å²) >= 11 is 15.4. The van der Waals surface area contributed by atoms with Gasteiger partial charge in [-0.3, -0.25) is 0 Å². The zero-order valence-electron chi connectivity index (χ0n) is 10.0. The van der Waals surface area contributed by atoms with Gasteiger partial charge in [0.05, 0.1) is 16.1 Å². The van der Waals surface area contributed by atoms with Crippen LogP contribution in [0.1, 0.15) is 18.6 Å². The minimum atomic E-state index is -0.500. The fourth-order valence-corrected chi connectivity index (χ4v) is 2.35. The van der Waals surface area contributed by atoms with Crippen molar-refractivity contribution < 1.29 is 9.84 Å². The summed E-state index contributed by atoms with van der Waals surface area (Å²) in [4.78, 5) is 0. The molecule has 1 atom stereocenters. The monoisotopic (exact) mass is 360 g/mol. The lowest BCUT2D eigenvalue weighted by molar-refractivity contribution is 0.199. The Labute approximate surface area is 130 Å². The summed E-state index contributed by atoms with van der Waals surface area (Å²) in [7, 11) is 0. The van der Waals surface area contributed by atoms with Crippen molar-refractivity contribution in [1.29, 1.82) is 0 Å². The Morgan fingerprint density at radius 2 is 1.74 bits per heavy atom. The van der Waals surface area contributed by atoms with Crippen LogP contribution in [-0.4, -0.2) is 5.11 Å². The molecule has 0 aliphatic rings. The van der Waals surface area contributed by atoms with Gasteiger partial charge in [-0.15, -0.1) is 0 Å². The molecule has 2 rings (SSSR count). The van der Waals surface area contributed by atoms with Gasteiger partial charge < -0.3 is 9.84 Å². The zero-order chi connectivity index (χ0) is 14.0. The van der Waals surface area contributed by atoms with Gasteiger partial charge in [0, 0.05) is 10.5 Å². The van der Waals surface area contributed by atoms with Gasteiger partial charge in [-0.2, -0.15) is 0 Å². The lowest BCUT2D eigenvalue weighted by Gasteiger charge is -2.10. The number of rotatable bonds is 3. The van der Waals surface area contributed by atoms with Gasteiger partial charge in [0.25, 0.3) is 0 Å². The van der Waals surface area contributed by atoms with E-state index >= 15 is 0 Å². The van der Waals surface area contributed by atoms with Crippen LogP contribution in [0.2, 0.25) is 10.0 Å². The molecule has 0 fully saturated rings. The van der Waals surface area contributed by atoms with Crippen LogP contribution in [0, 0.1) is 0 Å². The molecule has 0 radical (unpaired) electrons. The quantitative estimate of drug-likeness (QED) is 0.721. The van der Waals surface area contributed by atoms with Gasteiger partial charge in [-0.25, -0.2) is 0 Å². The second-order valence-corrected chi connectivity index (χ2v) is 5.71. The summed E-state index contributed by atoms with van der Waals surface area (Å²) in [5, 5.41) is 10.4. The highest BCUT2D eigenvalue weighted by Crippen LogP contribution is 2.36. The lowest BCUT2D eigenvalue weighted by atomic mass is 10.1. The number of aliphatic hydroxyl groups excluding tert-OH is 1. The molecule has 5 heteroatoms. The molecule has 100 valence electrons. The Kier molecular flexibility index (Phi) is 4.74. The maximum Gasteiger partial charge on any atom is 0.147 e. The van der Waals surface area contributed by atoms with Crippen LogP contribution >= 0.6 is 39.1 Å². The van der Waals surface area contributed by atoms with E-state index < -0.39 is 6.10 Å². The Bertz CT molecular complexity index is 583. The smallest absolute Gasteiger partial charge is 0.147 e. The molecule has 0 aliphatic heterocycles. The molecule has 1 N–H and O–H groups in total. The predicted molar refractivity (Wildman–Crippen MR) is 81.3 cm³/mol. The minimum Gasteiger partial charge on any atom is -0.456 e. The summed E-state index contributed by atoms with van der Waals surface area (Å²) in [5.41, 5.74) is 0.826. The normalized spacial score (nSPS) is 12.3. The van der Waals surface area contributed by atoms with E-state index in [4.69, 9.17) is 27.9 Å². The molecule has 2 aromatic carbocycles. The Morgan fingerprint density at radius 1 is 1.11 bits per heavy atom. The molecule has 0 heterocycles. The molecule has 1 unspecified atom stereocenters. The second kappa shape index (κ2) is 6.14. The van der Waals surface area contributed by atoms with Crippen LogP contribution in [0.4, 0.5) is 0 Å². The number of ether oxygens (including phenoxy) is 1. The molecular formula is C14H11BrCl2O2. The standard InChI is InChI=1S/C14H11BrCl2O2/c1-8(18)9-2-4-10(5-3-9)19-14-7-12(16)11(15)6-13(14)17/h2-8,18H,1H3. The fraction of sp³-hybridized carbons (Fsp3) is 0.143. The van der Waals surface area contributed by atoms with Gasteiger partial charge in [0.1, 0.15) is 11.5 Å². The average Bonchev–Trinajstić information content (AvgIpc) is 2.36. The molecule has 0 bridgehead atoms. The van der Waals surface area contributed by atoms with Crippen LogP contribution in [0.5, 0.6) is 11.5 Å². The lowest BCUT2D eigenvalue weighted by Crippen LogP contribution is -1.91. The molecule has 0 spiro atoms. The van der Waals surface area contributed by atoms with E-state index in [1.165, 1.54) is 0 Å².